The van der Waals surface area contributed by atoms with E-state index >= 15 is 0 Å². The molecule has 0 spiro atoms. The molecule has 0 aliphatic rings. The Morgan fingerprint density at radius 3 is 2.82 bits per heavy atom. The van der Waals surface area contributed by atoms with E-state index in [-0.39, 0.29) is 0 Å². The fraction of sp³-hybridized carbons (Fsp3) is 0.769. The predicted molar refractivity (Wildman–Crippen MR) is 70.3 cm³/mol. The van der Waals surface area contributed by atoms with E-state index in [0.717, 1.165) is 31.7 Å². The maximum absolute atomic E-state index is 5.44. The molecule has 0 bridgehead atoms. The second-order valence-corrected chi connectivity index (χ2v) is 4.39. The van der Waals surface area contributed by atoms with E-state index in [4.69, 9.17) is 4.74 Å². The molecule has 0 amide bonds. The molecule has 1 heterocycles. The molecule has 0 aromatic carbocycles. The van der Waals surface area contributed by atoms with Crippen LogP contribution in [0.15, 0.2) is 12.3 Å². The SMILES string of the molecule is CCOCC(Cc1ccn(C(C)CC)n1)NC. The zero-order valence-corrected chi connectivity index (χ0v) is 11.4. The highest BCUT2D eigenvalue weighted by Crippen LogP contribution is 2.10. The number of hydrogen-bond acceptors (Lipinski definition) is 3. The Morgan fingerprint density at radius 2 is 2.24 bits per heavy atom. The molecule has 0 fully saturated rings. The van der Waals surface area contributed by atoms with Gasteiger partial charge in [-0.3, -0.25) is 4.68 Å². The first kappa shape index (κ1) is 14.2. The van der Waals surface area contributed by atoms with Gasteiger partial charge in [-0.15, -0.1) is 0 Å². The Balaban J connectivity index is 2.52. The first-order chi connectivity index (χ1) is 8.21. The average molecular weight is 239 g/mol. The number of ether oxygens (including phenoxy) is 1. The van der Waals surface area contributed by atoms with Crippen LogP contribution in [-0.2, 0) is 11.2 Å². The van der Waals surface area contributed by atoms with Gasteiger partial charge in [-0.05, 0) is 33.4 Å². The molecular formula is C13H25N3O. The maximum Gasteiger partial charge on any atom is 0.0641 e. The minimum Gasteiger partial charge on any atom is -0.380 e. The van der Waals surface area contributed by atoms with Crippen LogP contribution in [-0.4, -0.2) is 36.1 Å². The molecule has 17 heavy (non-hydrogen) atoms. The summed E-state index contributed by atoms with van der Waals surface area (Å²) in [6, 6.07) is 2.92. The molecule has 0 radical (unpaired) electrons. The molecule has 1 aromatic rings. The summed E-state index contributed by atoms with van der Waals surface area (Å²) in [7, 11) is 1.97. The van der Waals surface area contributed by atoms with Gasteiger partial charge in [0.1, 0.15) is 0 Å². The summed E-state index contributed by atoms with van der Waals surface area (Å²) in [6.07, 6.45) is 4.09. The lowest BCUT2D eigenvalue weighted by molar-refractivity contribution is 0.124. The van der Waals surface area contributed by atoms with Crippen molar-refractivity contribution in [3.63, 3.8) is 0 Å². The molecule has 0 saturated carbocycles. The number of nitrogens with one attached hydrogen (secondary N) is 1. The first-order valence-corrected chi connectivity index (χ1v) is 6.50. The fourth-order valence-electron chi connectivity index (χ4n) is 1.68. The van der Waals surface area contributed by atoms with E-state index in [1.54, 1.807) is 0 Å². The lowest BCUT2D eigenvalue weighted by Gasteiger charge is -2.14. The number of hydrogen-bond donors (Lipinski definition) is 1. The van der Waals surface area contributed by atoms with Crippen LogP contribution in [0.5, 0.6) is 0 Å². The highest BCUT2D eigenvalue weighted by Gasteiger charge is 2.10. The van der Waals surface area contributed by atoms with E-state index in [9.17, 15) is 0 Å². The van der Waals surface area contributed by atoms with E-state index in [2.05, 4.69) is 36.5 Å². The van der Waals surface area contributed by atoms with Crippen LogP contribution in [0.4, 0.5) is 0 Å². The highest BCUT2D eigenvalue weighted by atomic mass is 16.5. The van der Waals surface area contributed by atoms with Crippen molar-refractivity contribution in [1.29, 1.82) is 0 Å². The van der Waals surface area contributed by atoms with Gasteiger partial charge in [0.2, 0.25) is 0 Å². The standard InChI is InChI=1S/C13H25N3O/c1-5-11(3)16-8-7-12(15-16)9-13(14-4)10-17-6-2/h7-8,11,13-14H,5-6,9-10H2,1-4H3. The van der Waals surface area contributed by atoms with Crippen molar-refractivity contribution in [3.05, 3.63) is 18.0 Å². The van der Waals surface area contributed by atoms with Crippen LogP contribution in [0.25, 0.3) is 0 Å². The quantitative estimate of drug-likeness (QED) is 0.754. The first-order valence-electron chi connectivity index (χ1n) is 6.50. The number of likely N-dealkylation sites (N-methyl/N-ethyl adjacent to an activating group) is 1. The normalized spacial score (nSPS) is 14.8. The molecule has 2 atom stereocenters. The summed E-state index contributed by atoms with van der Waals surface area (Å²) in [5, 5.41) is 7.86. The molecule has 4 heteroatoms. The van der Waals surface area contributed by atoms with Crippen molar-refractivity contribution in [3.8, 4) is 0 Å². The van der Waals surface area contributed by atoms with Crippen molar-refractivity contribution in [2.24, 2.45) is 0 Å². The van der Waals surface area contributed by atoms with Gasteiger partial charge in [-0.1, -0.05) is 6.92 Å². The third-order valence-corrected chi connectivity index (χ3v) is 3.09. The van der Waals surface area contributed by atoms with Crippen molar-refractivity contribution >= 4 is 0 Å². The second kappa shape index (κ2) is 7.45. The zero-order chi connectivity index (χ0) is 12.7. The molecule has 1 aromatic heterocycles. The Bertz CT molecular complexity index is 311. The minimum atomic E-state index is 0.343. The maximum atomic E-state index is 5.44. The van der Waals surface area contributed by atoms with E-state index < -0.39 is 0 Å². The summed E-state index contributed by atoms with van der Waals surface area (Å²) in [5.41, 5.74) is 1.13. The topological polar surface area (TPSA) is 39.1 Å². The summed E-state index contributed by atoms with van der Waals surface area (Å²) in [6.45, 7) is 7.89. The fourth-order valence-corrected chi connectivity index (χ4v) is 1.68. The minimum absolute atomic E-state index is 0.343. The Morgan fingerprint density at radius 1 is 1.47 bits per heavy atom. The molecule has 0 aliphatic heterocycles. The van der Waals surface area contributed by atoms with E-state index in [1.165, 1.54) is 0 Å². The Kier molecular flexibility index (Phi) is 6.22. The van der Waals surface area contributed by atoms with Crippen LogP contribution < -0.4 is 5.32 Å². The smallest absolute Gasteiger partial charge is 0.0641 e. The molecular weight excluding hydrogens is 214 g/mol. The lowest BCUT2D eigenvalue weighted by atomic mass is 10.2. The van der Waals surface area contributed by atoms with E-state index in [0.29, 0.717) is 12.1 Å². The zero-order valence-electron chi connectivity index (χ0n) is 11.4. The third-order valence-electron chi connectivity index (χ3n) is 3.09. The highest BCUT2D eigenvalue weighted by molar-refractivity contribution is 5.02. The molecule has 0 saturated heterocycles. The summed E-state index contributed by atoms with van der Waals surface area (Å²) >= 11 is 0. The van der Waals surface area contributed by atoms with Gasteiger partial charge < -0.3 is 10.1 Å². The number of nitrogens with zero attached hydrogens (tertiary/aromatic N) is 2. The molecule has 0 aliphatic carbocycles. The molecule has 4 nitrogen and oxygen atoms in total. The predicted octanol–water partition coefficient (Wildman–Crippen LogP) is 2.02. The molecule has 1 rings (SSSR count). The second-order valence-electron chi connectivity index (χ2n) is 4.39. The van der Waals surface area contributed by atoms with Gasteiger partial charge >= 0.3 is 0 Å². The molecule has 1 N–H and O–H groups in total. The summed E-state index contributed by atoms with van der Waals surface area (Å²) in [4.78, 5) is 0. The number of rotatable bonds is 8. The Labute approximate surface area is 104 Å². The summed E-state index contributed by atoms with van der Waals surface area (Å²) in [5.74, 6) is 0. The van der Waals surface area contributed by atoms with E-state index in [1.807, 2.05) is 18.7 Å². The van der Waals surface area contributed by atoms with Crippen molar-refractivity contribution in [2.75, 3.05) is 20.3 Å². The average Bonchev–Trinajstić information content (AvgIpc) is 2.81. The van der Waals surface area contributed by atoms with Gasteiger partial charge in [0, 0.05) is 31.3 Å². The van der Waals surface area contributed by atoms with Gasteiger partial charge in [0.15, 0.2) is 0 Å². The molecule has 98 valence electrons. The van der Waals surface area contributed by atoms with Crippen LogP contribution in [0.3, 0.4) is 0 Å². The largest absolute Gasteiger partial charge is 0.380 e. The number of aromatic nitrogens is 2. The monoisotopic (exact) mass is 239 g/mol. The van der Waals surface area contributed by atoms with Crippen molar-refractivity contribution in [1.82, 2.24) is 15.1 Å². The van der Waals surface area contributed by atoms with Gasteiger partial charge in [-0.2, -0.15) is 5.10 Å². The molecule has 2 unspecified atom stereocenters. The van der Waals surface area contributed by atoms with Gasteiger partial charge in [0.25, 0.3) is 0 Å². The third kappa shape index (κ3) is 4.48. The van der Waals surface area contributed by atoms with Crippen LogP contribution >= 0.6 is 0 Å². The summed E-state index contributed by atoms with van der Waals surface area (Å²) < 4.78 is 7.48. The van der Waals surface area contributed by atoms with Crippen molar-refractivity contribution in [2.45, 2.75) is 45.7 Å². The Hall–Kier alpha value is -0.870. The van der Waals surface area contributed by atoms with Crippen LogP contribution in [0.2, 0.25) is 0 Å². The lowest BCUT2D eigenvalue weighted by Crippen LogP contribution is -2.32. The van der Waals surface area contributed by atoms with Crippen LogP contribution in [0, 0.1) is 0 Å². The van der Waals surface area contributed by atoms with Gasteiger partial charge in [-0.25, -0.2) is 0 Å². The van der Waals surface area contributed by atoms with Crippen LogP contribution in [0.1, 0.15) is 38.9 Å². The van der Waals surface area contributed by atoms with Gasteiger partial charge in [0.05, 0.1) is 12.3 Å². The van der Waals surface area contributed by atoms with Crippen molar-refractivity contribution < 1.29 is 4.74 Å².